The highest BCUT2D eigenvalue weighted by atomic mass is 16.5. The largest absolute Gasteiger partial charge is 0.491 e. The molecule has 2 aromatic heterocycles. The van der Waals surface area contributed by atoms with E-state index in [-0.39, 0.29) is 5.43 Å². The maximum atomic E-state index is 12.4. The van der Waals surface area contributed by atoms with Gasteiger partial charge in [-0.3, -0.25) is 4.79 Å². The number of hydrogen-bond acceptors (Lipinski definition) is 5. The van der Waals surface area contributed by atoms with Gasteiger partial charge < -0.3 is 19.0 Å². The van der Waals surface area contributed by atoms with Gasteiger partial charge in [0.15, 0.2) is 11.3 Å². The van der Waals surface area contributed by atoms with E-state index in [1.54, 1.807) is 18.0 Å². The fraction of sp³-hybridized carbons (Fsp3) is 0.294. The smallest absolute Gasteiger partial charge is 0.298 e. The Labute approximate surface area is 133 Å². The van der Waals surface area contributed by atoms with E-state index in [1.807, 2.05) is 32.2 Å². The van der Waals surface area contributed by atoms with Gasteiger partial charge in [0, 0.05) is 18.8 Å². The summed E-state index contributed by atoms with van der Waals surface area (Å²) in [5.41, 5.74) is 3.84. The van der Waals surface area contributed by atoms with Crippen LogP contribution in [0.4, 0.5) is 6.01 Å². The highest BCUT2D eigenvalue weighted by Gasteiger charge is 2.15. The zero-order valence-corrected chi connectivity index (χ0v) is 13.6. The molecule has 3 aromatic rings. The quantitative estimate of drug-likeness (QED) is 0.802. The first-order valence-corrected chi connectivity index (χ1v) is 7.33. The van der Waals surface area contributed by atoms with Gasteiger partial charge in [0.05, 0.1) is 19.3 Å². The Morgan fingerprint density at radius 3 is 2.87 bits per heavy atom. The number of anilines is 1. The molecule has 1 aromatic carbocycles. The molecule has 0 atom stereocenters. The molecule has 1 N–H and O–H groups in total. The van der Waals surface area contributed by atoms with Crippen molar-refractivity contribution in [2.45, 2.75) is 20.4 Å². The minimum Gasteiger partial charge on any atom is -0.491 e. The molecule has 6 heteroatoms. The van der Waals surface area contributed by atoms with Crippen LogP contribution < -0.4 is 15.1 Å². The van der Waals surface area contributed by atoms with Gasteiger partial charge in [-0.15, -0.1) is 0 Å². The zero-order chi connectivity index (χ0) is 16.6. The summed E-state index contributed by atoms with van der Waals surface area (Å²) in [6, 6.07) is 6.33. The summed E-state index contributed by atoms with van der Waals surface area (Å²) < 4.78 is 10.9. The van der Waals surface area contributed by atoms with Gasteiger partial charge in [-0.2, -0.15) is 4.98 Å². The van der Waals surface area contributed by atoms with Crippen LogP contribution in [0.5, 0.6) is 5.75 Å². The molecule has 0 aliphatic heterocycles. The number of nitrogens with zero attached hydrogens (tertiary/aromatic N) is 2. The average Bonchev–Trinajstić information content (AvgIpc) is 2.93. The molecule has 0 saturated carbocycles. The van der Waals surface area contributed by atoms with Crippen molar-refractivity contribution in [2.24, 2.45) is 0 Å². The number of oxazole rings is 1. The Hall–Kier alpha value is -2.76. The van der Waals surface area contributed by atoms with E-state index in [0.29, 0.717) is 29.6 Å². The van der Waals surface area contributed by atoms with Crippen LogP contribution in [0.15, 0.2) is 33.6 Å². The van der Waals surface area contributed by atoms with Gasteiger partial charge in [0.25, 0.3) is 6.01 Å². The van der Waals surface area contributed by atoms with Crippen molar-refractivity contribution in [1.29, 1.82) is 0 Å². The van der Waals surface area contributed by atoms with Crippen molar-refractivity contribution in [1.82, 2.24) is 9.97 Å². The Morgan fingerprint density at radius 1 is 1.35 bits per heavy atom. The summed E-state index contributed by atoms with van der Waals surface area (Å²) >= 11 is 0. The standard InChI is InChI=1S/C17H19N3O3/c1-10-5-6-14-13(7-10)19-17(23-14)20(3)9-12-8-18-11(2)16(22-4)15(12)21/h5-8H,9H2,1-4H3,(H,18,21). The highest BCUT2D eigenvalue weighted by molar-refractivity contribution is 5.75. The van der Waals surface area contributed by atoms with E-state index in [4.69, 9.17) is 9.15 Å². The number of H-pyrrole nitrogens is 1. The maximum Gasteiger partial charge on any atom is 0.298 e. The molecular weight excluding hydrogens is 294 g/mol. The number of fused-ring (bicyclic) bond motifs is 1. The molecule has 0 spiro atoms. The van der Waals surface area contributed by atoms with Gasteiger partial charge in [0.1, 0.15) is 5.52 Å². The van der Waals surface area contributed by atoms with E-state index in [1.165, 1.54) is 7.11 Å². The third kappa shape index (κ3) is 2.79. The predicted octanol–water partition coefficient (Wildman–Crippen LogP) is 2.78. The summed E-state index contributed by atoms with van der Waals surface area (Å²) in [7, 11) is 3.33. The number of aryl methyl sites for hydroxylation is 2. The molecule has 2 heterocycles. The molecule has 0 aliphatic rings. The fourth-order valence-electron chi connectivity index (χ4n) is 2.52. The van der Waals surface area contributed by atoms with Crippen LogP contribution in [0.25, 0.3) is 11.1 Å². The third-order valence-corrected chi connectivity index (χ3v) is 3.77. The second-order valence-corrected chi connectivity index (χ2v) is 5.62. The van der Waals surface area contributed by atoms with Crippen LogP contribution in [0.1, 0.15) is 16.8 Å². The van der Waals surface area contributed by atoms with Crippen molar-refractivity contribution in [2.75, 3.05) is 19.1 Å². The van der Waals surface area contributed by atoms with Gasteiger partial charge >= 0.3 is 0 Å². The van der Waals surface area contributed by atoms with E-state index >= 15 is 0 Å². The van der Waals surface area contributed by atoms with Crippen LogP contribution in [-0.4, -0.2) is 24.1 Å². The number of aromatic nitrogens is 2. The van der Waals surface area contributed by atoms with E-state index in [9.17, 15) is 4.79 Å². The molecule has 120 valence electrons. The Kier molecular flexibility index (Phi) is 3.82. The summed E-state index contributed by atoms with van der Waals surface area (Å²) in [6.07, 6.45) is 1.70. The van der Waals surface area contributed by atoms with E-state index in [2.05, 4.69) is 9.97 Å². The summed E-state index contributed by atoms with van der Waals surface area (Å²) in [4.78, 5) is 21.7. The van der Waals surface area contributed by atoms with Gasteiger partial charge in [-0.1, -0.05) is 6.07 Å². The predicted molar refractivity (Wildman–Crippen MR) is 89.2 cm³/mol. The lowest BCUT2D eigenvalue weighted by Crippen LogP contribution is -2.23. The summed E-state index contributed by atoms with van der Waals surface area (Å²) in [5.74, 6) is 0.337. The number of methoxy groups -OCH3 is 1. The Bertz CT molecular complexity index is 911. The van der Waals surface area contributed by atoms with Gasteiger partial charge in [0.2, 0.25) is 5.43 Å². The molecule has 0 unspecified atom stereocenters. The van der Waals surface area contributed by atoms with Crippen molar-refractivity contribution >= 4 is 17.1 Å². The first-order valence-electron chi connectivity index (χ1n) is 7.33. The second kappa shape index (κ2) is 5.79. The van der Waals surface area contributed by atoms with Crippen LogP contribution in [0.3, 0.4) is 0 Å². The Morgan fingerprint density at radius 2 is 2.13 bits per heavy atom. The second-order valence-electron chi connectivity index (χ2n) is 5.62. The first-order chi connectivity index (χ1) is 11.0. The maximum absolute atomic E-state index is 12.4. The van der Waals surface area contributed by atoms with Gasteiger partial charge in [-0.05, 0) is 31.5 Å². The monoisotopic (exact) mass is 313 g/mol. The molecule has 0 bridgehead atoms. The van der Waals surface area contributed by atoms with Crippen molar-refractivity contribution < 1.29 is 9.15 Å². The molecule has 0 amide bonds. The van der Waals surface area contributed by atoms with Crippen molar-refractivity contribution in [3.8, 4) is 5.75 Å². The number of hydrogen-bond donors (Lipinski definition) is 1. The van der Waals surface area contributed by atoms with Crippen LogP contribution in [0.2, 0.25) is 0 Å². The minimum atomic E-state index is -0.123. The van der Waals surface area contributed by atoms with E-state index in [0.717, 1.165) is 16.7 Å². The zero-order valence-electron chi connectivity index (χ0n) is 13.6. The average molecular weight is 313 g/mol. The number of pyridine rings is 1. The lowest BCUT2D eigenvalue weighted by Gasteiger charge is -2.14. The first kappa shape index (κ1) is 15.1. The summed E-state index contributed by atoms with van der Waals surface area (Å²) in [5, 5.41) is 0. The number of benzene rings is 1. The van der Waals surface area contributed by atoms with Crippen LogP contribution >= 0.6 is 0 Å². The summed E-state index contributed by atoms with van der Waals surface area (Å²) in [6.45, 7) is 4.18. The molecule has 0 radical (unpaired) electrons. The number of aromatic amines is 1. The Balaban J connectivity index is 1.91. The van der Waals surface area contributed by atoms with Gasteiger partial charge in [-0.25, -0.2) is 0 Å². The normalized spacial score (nSPS) is 11.0. The lowest BCUT2D eigenvalue weighted by atomic mass is 10.2. The highest BCUT2D eigenvalue weighted by Crippen LogP contribution is 2.23. The van der Waals surface area contributed by atoms with Crippen molar-refractivity contribution in [3.05, 3.63) is 51.4 Å². The molecule has 6 nitrogen and oxygen atoms in total. The topological polar surface area (TPSA) is 71.4 Å². The van der Waals surface area contributed by atoms with Crippen LogP contribution in [0, 0.1) is 13.8 Å². The minimum absolute atomic E-state index is 0.123. The molecule has 0 aliphatic carbocycles. The van der Waals surface area contributed by atoms with E-state index < -0.39 is 0 Å². The lowest BCUT2D eigenvalue weighted by molar-refractivity contribution is 0.404. The molecule has 23 heavy (non-hydrogen) atoms. The fourth-order valence-corrected chi connectivity index (χ4v) is 2.52. The number of rotatable bonds is 4. The molecule has 3 rings (SSSR count). The molecule has 0 fully saturated rings. The number of ether oxygens (including phenoxy) is 1. The third-order valence-electron chi connectivity index (χ3n) is 3.77. The molecular formula is C17H19N3O3. The van der Waals surface area contributed by atoms with Crippen molar-refractivity contribution in [3.63, 3.8) is 0 Å². The van der Waals surface area contributed by atoms with Crippen LogP contribution in [-0.2, 0) is 6.54 Å². The SMILES string of the molecule is COc1c(C)[nH]cc(CN(C)c2nc3cc(C)ccc3o2)c1=O. The number of nitrogens with one attached hydrogen (secondary N) is 1. The molecule has 0 saturated heterocycles.